The first kappa shape index (κ1) is 15.4. The van der Waals surface area contributed by atoms with E-state index < -0.39 is 33.4 Å². The van der Waals surface area contributed by atoms with Gasteiger partial charge in [-0.2, -0.15) is 13.2 Å². The Kier molecular flexibility index (Phi) is 4.18. The zero-order valence-electron chi connectivity index (χ0n) is 9.68. The molecule has 19 heavy (non-hydrogen) atoms. The Bertz CT molecular complexity index is 579. The number of carboxylic acids is 1. The minimum Gasteiger partial charge on any atom is -0.476 e. The molecule has 1 aromatic heterocycles. The summed E-state index contributed by atoms with van der Waals surface area (Å²) in [5.74, 6) is -2.17. The summed E-state index contributed by atoms with van der Waals surface area (Å²) in [6, 6.07) is 0. The zero-order valence-corrected chi connectivity index (χ0v) is 10.5. The smallest absolute Gasteiger partial charge is 0.435 e. The van der Waals surface area contributed by atoms with Crippen molar-refractivity contribution in [2.75, 3.05) is 12.0 Å². The summed E-state index contributed by atoms with van der Waals surface area (Å²) in [5, 5.41) is 14.6. The van der Waals surface area contributed by atoms with Crippen molar-refractivity contribution in [3.8, 4) is 0 Å². The minimum absolute atomic E-state index is 0.121. The highest BCUT2D eigenvalue weighted by atomic mass is 32.2. The molecule has 0 saturated heterocycles. The first-order valence-corrected chi connectivity index (χ1v) is 7.00. The molecule has 0 fully saturated rings. The Morgan fingerprint density at radius 2 is 2.00 bits per heavy atom. The molecule has 0 saturated carbocycles. The van der Waals surface area contributed by atoms with E-state index in [2.05, 4.69) is 10.3 Å². The van der Waals surface area contributed by atoms with Crippen molar-refractivity contribution in [2.45, 2.75) is 19.1 Å². The highest BCUT2D eigenvalue weighted by Gasteiger charge is 2.41. The summed E-state index contributed by atoms with van der Waals surface area (Å²) in [6.07, 6.45) is -4.10. The van der Waals surface area contributed by atoms with Gasteiger partial charge in [-0.3, -0.25) is 0 Å². The molecular formula is C8H10F3N3O4S. The predicted octanol–water partition coefficient (Wildman–Crippen LogP) is 0.430. The molecule has 0 unspecified atom stereocenters. The maximum Gasteiger partial charge on any atom is 0.435 e. The quantitative estimate of drug-likeness (QED) is 0.846. The van der Waals surface area contributed by atoms with E-state index in [1.54, 1.807) is 0 Å². The number of hydrogen-bond donors (Lipinski definition) is 1. The number of nitrogens with zero attached hydrogens (tertiary/aromatic N) is 3. The molecule has 1 rings (SSSR count). The van der Waals surface area contributed by atoms with Crippen LogP contribution >= 0.6 is 0 Å². The summed E-state index contributed by atoms with van der Waals surface area (Å²) in [7, 11) is -3.31. The molecular weight excluding hydrogens is 291 g/mol. The molecule has 0 aliphatic rings. The number of carboxylic acid groups (broad SMARTS) is 1. The van der Waals surface area contributed by atoms with E-state index in [1.807, 2.05) is 0 Å². The van der Waals surface area contributed by atoms with Crippen LogP contribution in [0.1, 0.15) is 22.6 Å². The lowest BCUT2D eigenvalue weighted by atomic mass is 10.3. The van der Waals surface area contributed by atoms with Gasteiger partial charge in [0.1, 0.15) is 9.84 Å². The largest absolute Gasteiger partial charge is 0.476 e. The standard InChI is InChI=1S/C8H10F3N3O4S/c1-19(17,18)4-2-3-14-6(8(9,10)11)5(7(15)16)12-13-14/h2-4H2,1H3,(H,15,16). The van der Waals surface area contributed by atoms with Crippen molar-refractivity contribution in [3.63, 3.8) is 0 Å². The molecule has 108 valence electrons. The number of alkyl halides is 3. The lowest BCUT2D eigenvalue weighted by Crippen LogP contribution is -2.19. The number of aromatic carboxylic acids is 1. The Morgan fingerprint density at radius 1 is 1.42 bits per heavy atom. The van der Waals surface area contributed by atoms with E-state index >= 15 is 0 Å². The van der Waals surface area contributed by atoms with Crippen LogP contribution in [0.5, 0.6) is 0 Å². The maximum absolute atomic E-state index is 12.7. The average molecular weight is 301 g/mol. The van der Waals surface area contributed by atoms with Gasteiger partial charge in [-0.25, -0.2) is 17.9 Å². The van der Waals surface area contributed by atoms with Crippen LogP contribution in [0.25, 0.3) is 0 Å². The van der Waals surface area contributed by atoms with Gasteiger partial charge < -0.3 is 5.11 Å². The van der Waals surface area contributed by atoms with Gasteiger partial charge in [0.05, 0.1) is 5.75 Å². The number of aromatic nitrogens is 3. The van der Waals surface area contributed by atoms with Gasteiger partial charge >= 0.3 is 12.1 Å². The number of rotatable bonds is 5. The molecule has 0 aliphatic carbocycles. The van der Waals surface area contributed by atoms with E-state index in [0.717, 1.165) is 6.26 Å². The Balaban J connectivity index is 2.99. The Hall–Kier alpha value is -1.65. The van der Waals surface area contributed by atoms with Crippen LogP contribution in [-0.4, -0.2) is 46.5 Å². The molecule has 0 aliphatic heterocycles. The van der Waals surface area contributed by atoms with Crippen molar-refractivity contribution in [2.24, 2.45) is 0 Å². The second-order valence-corrected chi connectivity index (χ2v) is 6.06. The van der Waals surface area contributed by atoms with Gasteiger partial charge in [-0.1, -0.05) is 5.21 Å². The minimum atomic E-state index is -4.93. The third-order valence-electron chi connectivity index (χ3n) is 2.09. The van der Waals surface area contributed by atoms with E-state index in [1.165, 1.54) is 0 Å². The molecule has 0 atom stereocenters. The van der Waals surface area contributed by atoms with Gasteiger partial charge in [0.25, 0.3) is 0 Å². The number of hydrogen-bond acceptors (Lipinski definition) is 5. The van der Waals surface area contributed by atoms with Crippen LogP contribution in [0.3, 0.4) is 0 Å². The second kappa shape index (κ2) is 5.15. The lowest BCUT2D eigenvalue weighted by molar-refractivity contribution is -0.144. The highest BCUT2D eigenvalue weighted by Crippen LogP contribution is 2.31. The van der Waals surface area contributed by atoms with Crippen LogP contribution in [-0.2, 0) is 22.6 Å². The van der Waals surface area contributed by atoms with E-state index in [0.29, 0.717) is 4.68 Å². The SMILES string of the molecule is CS(=O)(=O)CCCn1nnc(C(=O)O)c1C(F)(F)F. The first-order chi connectivity index (χ1) is 8.52. The third-order valence-corrected chi connectivity index (χ3v) is 3.12. The topological polar surface area (TPSA) is 102 Å². The van der Waals surface area contributed by atoms with Gasteiger partial charge in [0.2, 0.25) is 5.69 Å². The summed E-state index contributed by atoms with van der Waals surface area (Å²) in [4.78, 5) is 10.6. The van der Waals surface area contributed by atoms with Crippen LogP contribution in [0, 0.1) is 0 Å². The van der Waals surface area contributed by atoms with Crippen molar-refractivity contribution in [3.05, 3.63) is 11.4 Å². The van der Waals surface area contributed by atoms with Gasteiger partial charge in [0, 0.05) is 12.8 Å². The molecule has 0 bridgehead atoms. The van der Waals surface area contributed by atoms with Crippen molar-refractivity contribution < 1.29 is 31.5 Å². The Morgan fingerprint density at radius 3 is 2.42 bits per heavy atom. The molecule has 7 nitrogen and oxygen atoms in total. The molecule has 0 radical (unpaired) electrons. The molecule has 0 spiro atoms. The molecule has 11 heteroatoms. The Labute approximate surface area is 105 Å². The number of sulfone groups is 1. The number of carbonyl (C=O) groups is 1. The highest BCUT2D eigenvalue weighted by molar-refractivity contribution is 7.90. The fourth-order valence-corrected chi connectivity index (χ4v) is 2.02. The summed E-state index contributed by atoms with van der Waals surface area (Å²) < 4.78 is 60.1. The normalized spacial score (nSPS) is 12.6. The van der Waals surface area contributed by atoms with Crippen molar-refractivity contribution in [1.29, 1.82) is 0 Å². The van der Waals surface area contributed by atoms with Crippen LogP contribution < -0.4 is 0 Å². The summed E-state index contributed by atoms with van der Waals surface area (Å²) in [5.41, 5.74) is -2.69. The summed E-state index contributed by atoms with van der Waals surface area (Å²) >= 11 is 0. The predicted molar refractivity (Wildman–Crippen MR) is 56.3 cm³/mol. The molecule has 1 N–H and O–H groups in total. The van der Waals surface area contributed by atoms with Crippen molar-refractivity contribution in [1.82, 2.24) is 15.0 Å². The lowest BCUT2D eigenvalue weighted by Gasteiger charge is -2.09. The fourth-order valence-electron chi connectivity index (χ4n) is 1.37. The molecule has 1 heterocycles. The van der Waals surface area contributed by atoms with Crippen LogP contribution in [0.4, 0.5) is 13.2 Å². The van der Waals surface area contributed by atoms with Crippen LogP contribution in [0.15, 0.2) is 0 Å². The van der Waals surface area contributed by atoms with Crippen LogP contribution in [0.2, 0.25) is 0 Å². The van der Waals surface area contributed by atoms with Crippen molar-refractivity contribution >= 4 is 15.8 Å². The summed E-state index contributed by atoms with van der Waals surface area (Å²) in [6.45, 7) is -0.387. The number of halogens is 3. The van der Waals surface area contributed by atoms with E-state index in [9.17, 15) is 26.4 Å². The van der Waals surface area contributed by atoms with Gasteiger partial charge in [0.15, 0.2) is 5.69 Å². The molecule has 1 aromatic rings. The van der Waals surface area contributed by atoms with E-state index in [-0.39, 0.29) is 18.7 Å². The third kappa shape index (κ3) is 4.19. The van der Waals surface area contributed by atoms with Gasteiger partial charge in [-0.15, -0.1) is 5.10 Å². The second-order valence-electron chi connectivity index (χ2n) is 3.80. The average Bonchev–Trinajstić information content (AvgIpc) is 2.58. The monoisotopic (exact) mass is 301 g/mol. The van der Waals surface area contributed by atoms with Gasteiger partial charge in [-0.05, 0) is 6.42 Å². The number of aryl methyl sites for hydroxylation is 1. The molecule has 0 aromatic carbocycles. The maximum atomic E-state index is 12.7. The molecule has 0 amide bonds. The fraction of sp³-hybridized carbons (Fsp3) is 0.625. The van der Waals surface area contributed by atoms with E-state index in [4.69, 9.17) is 5.11 Å². The first-order valence-electron chi connectivity index (χ1n) is 4.94. The zero-order chi connectivity index (χ0) is 14.8.